The number of benzene rings is 2. The molecule has 0 atom stereocenters. The van der Waals surface area contributed by atoms with Crippen LogP contribution in [0.1, 0.15) is 43.8 Å². The molecular formula is C21H17N3O4. The van der Waals surface area contributed by atoms with Crippen LogP contribution >= 0.6 is 0 Å². The third kappa shape index (κ3) is 2.87. The lowest BCUT2D eigenvalue weighted by molar-refractivity contribution is 0.0688. The lowest BCUT2D eigenvalue weighted by Gasteiger charge is -2.27. The van der Waals surface area contributed by atoms with E-state index in [0.717, 1.165) is 5.69 Å². The fraction of sp³-hybridized carbons (Fsp3) is 0.143. The van der Waals surface area contributed by atoms with Gasteiger partial charge in [0.1, 0.15) is 5.69 Å². The van der Waals surface area contributed by atoms with Crippen molar-refractivity contribution in [3.63, 3.8) is 0 Å². The van der Waals surface area contributed by atoms with Crippen LogP contribution in [0.3, 0.4) is 0 Å². The summed E-state index contributed by atoms with van der Waals surface area (Å²) in [7, 11) is 0. The van der Waals surface area contributed by atoms with E-state index in [9.17, 15) is 19.5 Å². The van der Waals surface area contributed by atoms with E-state index in [1.165, 1.54) is 11.6 Å². The molecule has 4 rings (SSSR count). The van der Waals surface area contributed by atoms with Gasteiger partial charge in [0.25, 0.3) is 5.91 Å². The van der Waals surface area contributed by atoms with Crippen molar-refractivity contribution in [2.24, 2.45) is 0 Å². The van der Waals surface area contributed by atoms with Crippen LogP contribution in [-0.2, 0) is 6.42 Å². The summed E-state index contributed by atoms with van der Waals surface area (Å²) in [5.74, 6) is -1.63. The van der Waals surface area contributed by atoms with E-state index in [0.29, 0.717) is 29.8 Å². The first-order valence-corrected chi connectivity index (χ1v) is 8.81. The van der Waals surface area contributed by atoms with Crippen molar-refractivity contribution >= 4 is 23.3 Å². The average Bonchev–Trinajstić information content (AvgIpc) is 3.10. The van der Waals surface area contributed by atoms with E-state index >= 15 is 0 Å². The molecule has 0 unspecified atom stereocenters. The third-order valence-electron chi connectivity index (χ3n) is 4.78. The van der Waals surface area contributed by atoms with Gasteiger partial charge >= 0.3 is 5.97 Å². The van der Waals surface area contributed by atoms with Gasteiger partial charge in [0.05, 0.1) is 5.69 Å². The Bertz CT molecular complexity index is 1100. The maximum absolute atomic E-state index is 13.3. The Morgan fingerprint density at radius 1 is 1.04 bits per heavy atom. The number of hydrogen-bond acceptors (Lipinski definition) is 4. The molecule has 0 aliphatic carbocycles. The first-order chi connectivity index (χ1) is 13.5. The molecule has 0 saturated heterocycles. The molecule has 7 nitrogen and oxygen atoms in total. The van der Waals surface area contributed by atoms with Gasteiger partial charge in [0.15, 0.2) is 11.5 Å². The second-order valence-electron chi connectivity index (χ2n) is 6.54. The van der Waals surface area contributed by atoms with E-state index in [-0.39, 0.29) is 23.1 Å². The Morgan fingerprint density at radius 2 is 1.75 bits per heavy atom. The first-order valence-electron chi connectivity index (χ1n) is 8.81. The molecule has 1 aliphatic rings. The van der Waals surface area contributed by atoms with E-state index in [2.05, 4.69) is 5.10 Å². The van der Waals surface area contributed by atoms with Gasteiger partial charge in [-0.25, -0.2) is 9.48 Å². The molecular weight excluding hydrogens is 358 g/mol. The summed E-state index contributed by atoms with van der Waals surface area (Å²) < 4.78 is 1.34. The van der Waals surface area contributed by atoms with E-state index < -0.39 is 5.97 Å². The Kier molecular flexibility index (Phi) is 4.27. The van der Waals surface area contributed by atoms with Gasteiger partial charge < -0.3 is 10.0 Å². The van der Waals surface area contributed by atoms with Gasteiger partial charge in [-0.05, 0) is 37.6 Å². The van der Waals surface area contributed by atoms with Gasteiger partial charge in [0, 0.05) is 23.4 Å². The van der Waals surface area contributed by atoms with Crippen LogP contribution in [0.5, 0.6) is 0 Å². The number of rotatable bonds is 4. The number of carboxylic acids is 1. The topological polar surface area (TPSA) is 92.5 Å². The zero-order valence-electron chi connectivity index (χ0n) is 15.1. The first kappa shape index (κ1) is 17.7. The van der Waals surface area contributed by atoms with Crippen molar-refractivity contribution in [2.45, 2.75) is 13.3 Å². The Hall–Kier alpha value is -3.74. The number of fused-ring (bicyclic) bond motifs is 1. The molecule has 7 heteroatoms. The molecule has 28 heavy (non-hydrogen) atoms. The monoisotopic (exact) mass is 375 g/mol. The molecule has 1 aromatic heterocycles. The number of amides is 1. The second-order valence-corrected chi connectivity index (χ2v) is 6.54. The third-order valence-corrected chi connectivity index (χ3v) is 4.78. The predicted octanol–water partition coefficient (Wildman–Crippen LogP) is 2.98. The number of para-hydroxylation sites is 1. The second kappa shape index (κ2) is 6.77. The van der Waals surface area contributed by atoms with Crippen molar-refractivity contribution < 1.29 is 19.5 Å². The number of aromatic nitrogens is 2. The number of Topliss-reactive ketones (excluding diaryl/α,β-unsaturated/α-hetero) is 1. The van der Waals surface area contributed by atoms with Crippen LogP contribution in [0.25, 0.3) is 5.69 Å². The minimum Gasteiger partial charge on any atom is -0.476 e. The molecule has 1 aliphatic heterocycles. The van der Waals surface area contributed by atoms with Crippen molar-refractivity contribution in [1.82, 2.24) is 9.78 Å². The van der Waals surface area contributed by atoms with Gasteiger partial charge in [-0.1, -0.05) is 30.3 Å². The zero-order valence-corrected chi connectivity index (χ0v) is 15.1. The molecule has 0 spiro atoms. The van der Waals surface area contributed by atoms with Gasteiger partial charge in [-0.15, -0.1) is 0 Å². The van der Waals surface area contributed by atoms with Crippen molar-refractivity contribution in [3.05, 3.63) is 77.1 Å². The maximum atomic E-state index is 13.3. The average molecular weight is 375 g/mol. The summed E-state index contributed by atoms with van der Waals surface area (Å²) in [4.78, 5) is 38.3. The number of aromatic carboxylic acids is 1. The van der Waals surface area contributed by atoms with Gasteiger partial charge in [-0.2, -0.15) is 5.10 Å². The molecule has 1 amide bonds. The predicted molar refractivity (Wildman–Crippen MR) is 102 cm³/mol. The van der Waals surface area contributed by atoms with Crippen molar-refractivity contribution in [1.29, 1.82) is 0 Å². The molecule has 1 N–H and O–H groups in total. The number of carboxylic acid groups (broad SMARTS) is 1. The van der Waals surface area contributed by atoms with E-state index in [1.807, 2.05) is 30.3 Å². The van der Waals surface area contributed by atoms with Crippen molar-refractivity contribution in [3.8, 4) is 5.69 Å². The highest BCUT2D eigenvalue weighted by molar-refractivity contribution is 6.09. The lowest BCUT2D eigenvalue weighted by atomic mass is 10.0. The van der Waals surface area contributed by atoms with Crippen LogP contribution in [0.4, 0.5) is 5.69 Å². The molecule has 2 aromatic carbocycles. The zero-order chi connectivity index (χ0) is 19.8. The van der Waals surface area contributed by atoms with E-state index in [1.54, 1.807) is 29.2 Å². The van der Waals surface area contributed by atoms with E-state index in [4.69, 9.17) is 0 Å². The molecule has 0 saturated carbocycles. The summed E-state index contributed by atoms with van der Waals surface area (Å²) in [6.07, 6.45) is 0.379. The molecule has 0 radical (unpaired) electrons. The summed E-state index contributed by atoms with van der Waals surface area (Å²) in [6, 6.07) is 15.9. The maximum Gasteiger partial charge on any atom is 0.356 e. The standard InChI is InChI=1S/C21H17N3O4/c1-13(25)14-6-5-9-16(12-14)24-19-17(18(22-24)21(27)28)10-11-23(20(19)26)15-7-3-2-4-8-15/h2-9,12H,10-11H2,1H3,(H,27,28). The Labute approximate surface area is 160 Å². The SMILES string of the molecule is CC(=O)c1cccc(-n2nc(C(=O)O)c3c2C(=O)N(c2ccccc2)CC3)c1. The van der Waals surface area contributed by atoms with Crippen LogP contribution < -0.4 is 4.90 Å². The molecule has 2 heterocycles. The molecule has 3 aromatic rings. The van der Waals surface area contributed by atoms with Gasteiger partial charge in [-0.3, -0.25) is 9.59 Å². The van der Waals surface area contributed by atoms with Gasteiger partial charge in [0.2, 0.25) is 0 Å². The summed E-state index contributed by atoms with van der Waals surface area (Å²) >= 11 is 0. The minimum atomic E-state index is -1.18. The highest BCUT2D eigenvalue weighted by atomic mass is 16.4. The number of carbonyl (C=O) groups excluding carboxylic acids is 2. The molecule has 140 valence electrons. The minimum absolute atomic E-state index is 0.126. The Morgan fingerprint density at radius 3 is 2.43 bits per heavy atom. The summed E-state index contributed by atoms with van der Waals surface area (Å²) in [5.41, 5.74) is 2.16. The fourth-order valence-electron chi connectivity index (χ4n) is 3.43. The fourth-order valence-corrected chi connectivity index (χ4v) is 3.43. The van der Waals surface area contributed by atoms with Crippen LogP contribution in [0.2, 0.25) is 0 Å². The highest BCUT2D eigenvalue weighted by Gasteiger charge is 2.35. The molecule has 0 bridgehead atoms. The van der Waals surface area contributed by atoms with Crippen LogP contribution in [-0.4, -0.2) is 39.1 Å². The number of carbonyl (C=O) groups is 3. The molecule has 0 fully saturated rings. The van der Waals surface area contributed by atoms with Crippen LogP contribution in [0.15, 0.2) is 54.6 Å². The Balaban J connectivity index is 1.88. The number of anilines is 1. The van der Waals surface area contributed by atoms with Crippen molar-refractivity contribution in [2.75, 3.05) is 11.4 Å². The normalized spacial score (nSPS) is 13.3. The quantitative estimate of drug-likeness (QED) is 0.708. The number of hydrogen-bond donors (Lipinski definition) is 1. The number of nitrogens with zero attached hydrogens (tertiary/aromatic N) is 3. The largest absolute Gasteiger partial charge is 0.476 e. The summed E-state index contributed by atoms with van der Waals surface area (Å²) in [6.45, 7) is 1.82. The highest BCUT2D eigenvalue weighted by Crippen LogP contribution is 2.29. The number of ketones is 1. The summed E-state index contributed by atoms with van der Waals surface area (Å²) in [5, 5.41) is 13.8. The smallest absolute Gasteiger partial charge is 0.356 e. The van der Waals surface area contributed by atoms with Crippen LogP contribution in [0, 0.1) is 0 Å². The lowest BCUT2D eigenvalue weighted by Crippen LogP contribution is -2.39.